The molecule has 0 saturated heterocycles. The summed E-state index contributed by atoms with van der Waals surface area (Å²) in [6, 6.07) is 15.4. The second-order valence-electron chi connectivity index (χ2n) is 5.05. The van der Waals surface area contributed by atoms with Crippen LogP contribution in [0.15, 0.2) is 70.3 Å². The third kappa shape index (κ3) is 3.58. The molecule has 0 bridgehead atoms. The zero-order chi connectivity index (χ0) is 17.0. The first-order valence-corrected chi connectivity index (χ1v) is 10.5. The minimum atomic E-state index is -3.59. The van der Waals surface area contributed by atoms with Crippen molar-refractivity contribution < 1.29 is 13.2 Å². The van der Waals surface area contributed by atoms with Gasteiger partial charge >= 0.3 is 0 Å². The van der Waals surface area contributed by atoms with Gasteiger partial charge in [0.05, 0.1) is 9.77 Å². The lowest BCUT2D eigenvalue weighted by Crippen LogP contribution is -2.31. The van der Waals surface area contributed by atoms with Gasteiger partial charge in [-0.1, -0.05) is 30.3 Å². The Morgan fingerprint density at radius 3 is 2.29 bits per heavy atom. The van der Waals surface area contributed by atoms with Crippen LogP contribution in [0, 0.1) is 0 Å². The van der Waals surface area contributed by atoms with Crippen molar-refractivity contribution in [2.45, 2.75) is 10.1 Å². The summed E-state index contributed by atoms with van der Waals surface area (Å²) in [6.45, 7) is 0.0362. The number of carbonyl (C=O) groups excluding carboxylic acids is 1. The SMILES string of the molecule is O=C(NC[C@H](c1cccs1)S(=O)(=O)c1ccccc1)c1cccs1. The third-order valence-electron chi connectivity index (χ3n) is 3.50. The van der Waals surface area contributed by atoms with E-state index in [1.807, 2.05) is 16.8 Å². The van der Waals surface area contributed by atoms with Gasteiger partial charge in [-0.15, -0.1) is 22.7 Å². The molecule has 0 aliphatic carbocycles. The van der Waals surface area contributed by atoms with Crippen molar-refractivity contribution in [1.82, 2.24) is 5.32 Å². The number of nitrogens with one attached hydrogen (secondary N) is 1. The van der Waals surface area contributed by atoms with Crippen LogP contribution in [0.4, 0.5) is 0 Å². The molecule has 0 aliphatic heterocycles. The maximum atomic E-state index is 13.0. The Hall–Kier alpha value is -1.96. The van der Waals surface area contributed by atoms with E-state index in [1.165, 1.54) is 22.7 Å². The average Bonchev–Trinajstić information content (AvgIpc) is 3.29. The van der Waals surface area contributed by atoms with E-state index in [0.717, 1.165) is 0 Å². The number of hydrogen-bond acceptors (Lipinski definition) is 5. The third-order valence-corrected chi connectivity index (χ3v) is 7.60. The van der Waals surface area contributed by atoms with Gasteiger partial charge in [0, 0.05) is 11.4 Å². The lowest BCUT2D eigenvalue weighted by molar-refractivity contribution is 0.0958. The maximum absolute atomic E-state index is 13.0. The van der Waals surface area contributed by atoms with E-state index in [1.54, 1.807) is 48.5 Å². The van der Waals surface area contributed by atoms with Crippen LogP contribution < -0.4 is 5.32 Å². The summed E-state index contributed by atoms with van der Waals surface area (Å²) in [7, 11) is -3.59. The van der Waals surface area contributed by atoms with Crippen molar-refractivity contribution in [1.29, 1.82) is 0 Å². The van der Waals surface area contributed by atoms with E-state index in [-0.39, 0.29) is 17.3 Å². The first-order chi connectivity index (χ1) is 11.6. The van der Waals surface area contributed by atoms with Crippen LogP contribution in [0.2, 0.25) is 0 Å². The molecule has 124 valence electrons. The monoisotopic (exact) mass is 377 g/mol. The number of sulfone groups is 1. The smallest absolute Gasteiger partial charge is 0.261 e. The number of benzene rings is 1. The Morgan fingerprint density at radius 2 is 1.67 bits per heavy atom. The molecule has 7 heteroatoms. The predicted molar refractivity (Wildman–Crippen MR) is 97.3 cm³/mol. The number of hydrogen-bond donors (Lipinski definition) is 1. The quantitative estimate of drug-likeness (QED) is 0.711. The minimum absolute atomic E-state index is 0.0362. The highest BCUT2D eigenvalue weighted by Crippen LogP contribution is 2.31. The van der Waals surface area contributed by atoms with E-state index >= 15 is 0 Å². The van der Waals surface area contributed by atoms with Crippen LogP contribution in [0.5, 0.6) is 0 Å². The first kappa shape index (κ1) is 16.9. The summed E-state index contributed by atoms with van der Waals surface area (Å²) in [5, 5.41) is 5.60. The van der Waals surface area contributed by atoms with E-state index in [0.29, 0.717) is 9.75 Å². The largest absolute Gasteiger partial charge is 0.350 e. The van der Waals surface area contributed by atoms with Gasteiger partial charge in [-0.25, -0.2) is 8.42 Å². The molecule has 1 N–H and O–H groups in total. The molecular formula is C17H15NO3S3. The molecule has 1 atom stereocenters. The van der Waals surface area contributed by atoms with E-state index in [4.69, 9.17) is 0 Å². The van der Waals surface area contributed by atoms with Gasteiger partial charge in [-0.2, -0.15) is 0 Å². The van der Waals surface area contributed by atoms with Crippen LogP contribution in [0.1, 0.15) is 19.8 Å². The molecule has 3 aromatic rings. The zero-order valence-corrected chi connectivity index (χ0v) is 15.0. The second-order valence-corrected chi connectivity index (χ2v) is 9.11. The van der Waals surface area contributed by atoms with Crippen LogP contribution in [0.3, 0.4) is 0 Å². The van der Waals surface area contributed by atoms with Gasteiger partial charge in [0.2, 0.25) is 0 Å². The van der Waals surface area contributed by atoms with Crippen LogP contribution in [0.25, 0.3) is 0 Å². The molecule has 0 spiro atoms. The van der Waals surface area contributed by atoms with Gasteiger partial charge < -0.3 is 5.32 Å². The highest BCUT2D eigenvalue weighted by molar-refractivity contribution is 7.91. The fourth-order valence-electron chi connectivity index (χ4n) is 2.29. The summed E-state index contributed by atoms with van der Waals surface area (Å²) in [6.07, 6.45) is 0. The van der Waals surface area contributed by atoms with Crippen molar-refractivity contribution in [3.63, 3.8) is 0 Å². The molecule has 24 heavy (non-hydrogen) atoms. The zero-order valence-electron chi connectivity index (χ0n) is 12.6. The Balaban J connectivity index is 1.86. The minimum Gasteiger partial charge on any atom is -0.350 e. The number of rotatable bonds is 6. The fraction of sp³-hybridized carbons (Fsp3) is 0.118. The van der Waals surface area contributed by atoms with Crippen LogP contribution in [-0.4, -0.2) is 20.9 Å². The van der Waals surface area contributed by atoms with E-state index < -0.39 is 15.1 Å². The summed E-state index contributed by atoms with van der Waals surface area (Å²) in [5.41, 5.74) is 0. The molecular weight excluding hydrogens is 362 g/mol. The molecule has 0 saturated carbocycles. The van der Waals surface area contributed by atoms with Crippen molar-refractivity contribution in [3.8, 4) is 0 Å². The molecule has 2 aromatic heterocycles. The van der Waals surface area contributed by atoms with Crippen molar-refractivity contribution in [2.24, 2.45) is 0 Å². The lowest BCUT2D eigenvalue weighted by atomic mass is 10.3. The number of thiophene rings is 2. The lowest BCUT2D eigenvalue weighted by Gasteiger charge is -2.17. The normalized spacial score (nSPS) is 12.7. The van der Waals surface area contributed by atoms with Crippen molar-refractivity contribution in [3.05, 3.63) is 75.1 Å². The molecule has 1 amide bonds. The van der Waals surface area contributed by atoms with Crippen molar-refractivity contribution in [2.75, 3.05) is 6.54 Å². The molecule has 4 nitrogen and oxygen atoms in total. The molecule has 0 fully saturated rings. The second kappa shape index (κ2) is 7.29. The Kier molecular flexibility index (Phi) is 5.13. The molecule has 2 heterocycles. The molecule has 1 aromatic carbocycles. The molecule has 0 aliphatic rings. The average molecular weight is 378 g/mol. The highest BCUT2D eigenvalue weighted by Gasteiger charge is 2.30. The van der Waals surface area contributed by atoms with E-state index in [2.05, 4.69) is 5.32 Å². The van der Waals surface area contributed by atoms with Crippen LogP contribution >= 0.6 is 22.7 Å². The van der Waals surface area contributed by atoms with Gasteiger partial charge in [0.25, 0.3) is 5.91 Å². The predicted octanol–water partition coefficient (Wildman–Crippen LogP) is 3.75. The fourth-order valence-corrected chi connectivity index (χ4v) is 5.74. The summed E-state index contributed by atoms with van der Waals surface area (Å²) in [5.74, 6) is -0.255. The maximum Gasteiger partial charge on any atom is 0.261 e. The molecule has 0 unspecified atom stereocenters. The standard InChI is InChI=1S/C17H15NO3S3/c19-17(15-9-5-11-23-15)18-12-16(14-8-4-10-22-14)24(20,21)13-6-2-1-3-7-13/h1-11,16H,12H2,(H,18,19)/t16-/m1/s1. The van der Waals surface area contributed by atoms with Gasteiger partial charge in [-0.3, -0.25) is 4.79 Å². The molecule has 0 radical (unpaired) electrons. The first-order valence-electron chi connectivity index (χ1n) is 7.23. The summed E-state index contributed by atoms with van der Waals surface area (Å²) in [4.78, 5) is 13.7. The number of amides is 1. The Bertz CT molecular complexity index is 886. The van der Waals surface area contributed by atoms with Gasteiger partial charge in [-0.05, 0) is 35.0 Å². The highest BCUT2D eigenvalue weighted by atomic mass is 32.2. The van der Waals surface area contributed by atoms with E-state index in [9.17, 15) is 13.2 Å². The Morgan fingerprint density at radius 1 is 0.958 bits per heavy atom. The summed E-state index contributed by atoms with van der Waals surface area (Å²) < 4.78 is 26.0. The summed E-state index contributed by atoms with van der Waals surface area (Å²) >= 11 is 2.70. The van der Waals surface area contributed by atoms with Crippen LogP contribution in [-0.2, 0) is 9.84 Å². The van der Waals surface area contributed by atoms with Gasteiger partial charge in [0.15, 0.2) is 9.84 Å². The Labute approximate surface area is 148 Å². The number of carbonyl (C=O) groups is 1. The topological polar surface area (TPSA) is 63.2 Å². The molecule has 3 rings (SSSR count). The van der Waals surface area contributed by atoms with Gasteiger partial charge in [0.1, 0.15) is 5.25 Å². The van der Waals surface area contributed by atoms with Crippen molar-refractivity contribution >= 4 is 38.4 Å².